The van der Waals surface area contributed by atoms with Gasteiger partial charge >= 0.3 is 0 Å². The van der Waals surface area contributed by atoms with Crippen molar-refractivity contribution in [2.45, 2.75) is 17.7 Å². The third kappa shape index (κ3) is 3.29. The van der Waals surface area contributed by atoms with E-state index in [1.54, 1.807) is 0 Å². The molecular weight excluding hydrogens is 292 g/mol. The van der Waals surface area contributed by atoms with Gasteiger partial charge in [0.1, 0.15) is 0 Å². The summed E-state index contributed by atoms with van der Waals surface area (Å²) in [5, 5.41) is 0. The Labute approximate surface area is 115 Å². The monoisotopic (exact) mass is 302 g/mol. The molecular formula is C11H11ClN2O2S2. The average Bonchev–Trinajstić information content (AvgIpc) is 2.74. The van der Waals surface area contributed by atoms with Crippen molar-refractivity contribution in [3.63, 3.8) is 0 Å². The standard InChI is InChI=1S/C11H11ClN2O2S2/c1-8-3-2-4-9(5-8)6-14-18(15,16)10-7-13-11(12)17-10/h2-5,7,14H,6H2,1H3. The smallest absolute Gasteiger partial charge is 0.232 e. The van der Waals surface area contributed by atoms with Crippen molar-refractivity contribution in [1.29, 1.82) is 0 Å². The van der Waals surface area contributed by atoms with Crippen LogP contribution in [0.5, 0.6) is 0 Å². The van der Waals surface area contributed by atoms with Crippen LogP contribution in [-0.2, 0) is 16.6 Å². The first-order chi connectivity index (χ1) is 8.47. The molecule has 0 bridgehead atoms. The Morgan fingerprint density at radius 2 is 2.22 bits per heavy atom. The third-order valence-corrected chi connectivity index (χ3v) is 5.25. The molecule has 2 aromatic rings. The number of sulfonamides is 1. The zero-order valence-corrected chi connectivity index (χ0v) is 11.9. The van der Waals surface area contributed by atoms with Gasteiger partial charge in [0.25, 0.3) is 10.0 Å². The van der Waals surface area contributed by atoms with Gasteiger partial charge in [-0.2, -0.15) is 0 Å². The summed E-state index contributed by atoms with van der Waals surface area (Å²) in [6.45, 7) is 2.21. The molecule has 1 N–H and O–H groups in total. The number of aryl methyl sites for hydroxylation is 1. The highest BCUT2D eigenvalue weighted by molar-refractivity contribution is 7.91. The van der Waals surface area contributed by atoms with Crippen molar-refractivity contribution in [3.8, 4) is 0 Å². The molecule has 0 amide bonds. The van der Waals surface area contributed by atoms with Crippen LogP contribution in [0.4, 0.5) is 0 Å². The summed E-state index contributed by atoms with van der Waals surface area (Å²) in [5.74, 6) is 0. The Bertz CT molecular complexity index is 653. The van der Waals surface area contributed by atoms with Crippen LogP contribution in [0.15, 0.2) is 34.7 Å². The van der Waals surface area contributed by atoms with Crippen LogP contribution in [0, 0.1) is 6.92 Å². The highest BCUT2D eigenvalue weighted by Gasteiger charge is 2.16. The molecule has 1 aromatic carbocycles. The quantitative estimate of drug-likeness (QED) is 0.944. The first kappa shape index (κ1) is 13.5. The SMILES string of the molecule is Cc1cccc(CNS(=O)(=O)c2cnc(Cl)s2)c1. The molecule has 1 aromatic heterocycles. The number of hydrogen-bond donors (Lipinski definition) is 1. The van der Waals surface area contributed by atoms with Gasteiger partial charge in [-0.15, -0.1) is 0 Å². The summed E-state index contributed by atoms with van der Waals surface area (Å²) in [4.78, 5) is 3.72. The van der Waals surface area contributed by atoms with Crippen LogP contribution in [0.3, 0.4) is 0 Å². The molecule has 0 aliphatic carbocycles. The molecule has 0 saturated carbocycles. The lowest BCUT2D eigenvalue weighted by Crippen LogP contribution is -2.22. The minimum Gasteiger partial charge on any atom is -0.232 e. The zero-order valence-electron chi connectivity index (χ0n) is 9.55. The lowest BCUT2D eigenvalue weighted by atomic mass is 10.1. The largest absolute Gasteiger partial charge is 0.252 e. The van der Waals surface area contributed by atoms with Crippen molar-refractivity contribution in [1.82, 2.24) is 9.71 Å². The van der Waals surface area contributed by atoms with E-state index in [0.29, 0.717) is 0 Å². The van der Waals surface area contributed by atoms with Gasteiger partial charge in [0, 0.05) is 6.54 Å². The van der Waals surface area contributed by atoms with E-state index in [1.165, 1.54) is 6.20 Å². The number of aromatic nitrogens is 1. The van der Waals surface area contributed by atoms with Crippen molar-refractivity contribution in [2.75, 3.05) is 0 Å². The molecule has 4 nitrogen and oxygen atoms in total. The minimum absolute atomic E-state index is 0.125. The fourth-order valence-corrected chi connectivity index (χ4v) is 3.79. The van der Waals surface area contributed by atoms with E-state index in [-0.39, 0.29) is 15.2 Å². The van der Waals surface area contributed by atoms with Crippen LogP contribution in [0.25, 0.3) is 0 Å². The van der Waals surface area contributed by atoms with Crippen molar-refractivity contribution < 1.29 is 8.42 Å². The first-order valence-electron chi connectivity index (χ1n) is 5.14. The maximum atomic E-state index is 11.9. The van der Waals surface area contributed by atoms with Gasteiger partial charge in [0.2, 0.25) is 0 Å². The van der Waals surface area contributed by atoms with Crippen molar-refractivity contribution in [3.05, 3.63) is 46.1 Å². The normalized spacial score (nSPS) is 11.7. The van der Waals surface area contributed by atoms with Gasteiger partial charge in [-0.1, -0.05) is 52.8 Å². The molecule has 0 fully saturated rings. The molecule has 0 aliphatic heterocycles. The molecule has 0 saturated heterocycles. The third-order valence-electron chi connectivity index (χ3n) is 2.27. The summed E-state index contributed by atoms with van der Waals surface area (Å²) in [6, 6.07) is 7.65. The summed E-state index contributed by atoms with van der Waals surface area (Å²) < 4.78 is 26.7. The van der Waals surface area contributed by atoms with Gasteiger partial charge in [0.15, 0.2) is 8.68 Å². The van der Waals surface area contributed by atoms with Gasteiger partial charge in [0.05, 0.1) is 6.20 Å². The number of nitrogens with one attached hydrogen (secondary N) is 1. The van der Waals surface area contributed by atoms with Gasteiger partial charge in [-0.25, -0.2) is 18.1 Å². The second-order valence-electron chi connectivity index (χ2n) is 3.75. The molecule has 2 rings (SSSR count). The summed E-state index contributed by atoms with van der Waals surface area (Å²) in [6.07, 6.45) is 1.26. The van der Waals surface area contributed by atoms with E-state index in [4.69, 9.17) is 11.6 Å². The fraction of sp³-hybridized carbons (Fsp3) is 0.182. The number of benzene rings is 1. The van der Waals surface area contributed by atoms with Crippen LogP contribution >= 0.6 is 22.9 Å². The number of hydrogen-bond acceptors (Lipinski definition) is 4. The minimum atomic E-state index is -3.53. The number of nitrogens with zero attached hydrogens (tertiary/aromatic N) is 1. The average molecular weight is 303 g/mol. The van der Waals surface area contributed by atoms with E-state index in [1.807, 2.05) is 31.2 Å². The number of halogens is 1. The Morgan fingerprint density at radius 3 is 2.83 bits per heavy atom. The van der Waals surface area contributed by atoms with E-state index in [9.17, 15) is 8.42 Å². The Morgan fingerprint density at radius 1 is 1.44 bits per heavy atom. The zero-order chi connectivity index (χ0) is 13.2. The van der Waals surface area contributed by atoms with Crippen LogP contribution in [0.1, 0.15) is 11.1 Å². The predicted molar refractivity (Wildman–Crippen MR) is 72.3 cm³/mol. The van der Waals surface area contributed by atoms with Crippen LogP contribution < -0.4 is 4.72 Å². The maximum Gasteiger partial charge on any atom is 0.252 e. The summed E-state index contributed by atoms with van der Waals surface area (Å²) in [7, 11) is -3.53. The topological polar surface area (TPSA) is 59.1 Å². The molecule has 1 heterocycles. The molecule has 18 heavy (non-hydrogen) atoms. The highest BCUT2D eigenvalue weighted by atomic mass is 35.5. The number of rotatable bonds is 4. The van der Waals surface area contributed by atoms with E-state index < -0.39 is 10.0 Å². The molecule has 0 spiro atoms. The number of thiazole rings is 1. The van der Waals surface area contributed by atoms with Crippen molar-refractivity contribution in [2.24, 2.45) is 0 Å². The maximum absolute atomic E-state index is 11.9. The highest BCUT2D eigenvalue weighted by Crippen LogP contribution is 2.22. The van der Waals surface area contributed by atoms with Gasteiger partial charge in [-0.05, 0) is 12.5 Å². The van der Waals surface area contributed by atoms with Crippen LogP contribution in [0.2, 0.25) is 4.47 Å². The Hall–Kier alpha value is -0.950. The molecule has 0 unspecified atom stereocenters. The Balaban J connectivity index is 2.10. The summed E-state index contributed by atoms with van der Waals surface area (Å²) >= 11 is 6.56. The van der Waals surface area contributed by atoms with Gasteiger partial charge < -0.3 is 0 Å². The lowest BCUT2D eigenvalue weighted by Gasteiger charge is -2.05. The second kappa shape index (κ2) is 5.36. The predicted octanol–water partition coefficient (Wildman–Crippen LogP) is 2.58. The lowest BCUT2D eigenvalue weighted by molar-refractivity contribution is 0.583. The molecule has 0 aliphatic rings. The fourth-order valence-electron chi connectivity index (χ4n) is 1.43. The summed E-state index contributed by atoms with van der Waals surface area (Å²) in [5.41, 5.74) is 2.00. The van der Waals surface area contributed by atoms with E-state index >= 15 is 0 Å². The first-order valence-corrected chi connectivity index (χ1v) is 7.82. The van der Waals surface area contributed by atoms with Gasteiger partial charge in [-0.3, -0.25) is 0 Å². The van der Waals surface area contributed by atoms with E-state index in [0.717, 1.165) is 22.5 Å². The molecule has 7 heteroatoms. The molecule has 0 atom stereocenters. The van der Waals surface area contributed by atoms with Crippen molar-refractivity contribution >= 4 is 33.0 Å². The Kier molecular flexibility index (Phi) is 4.01. The van der Waals surface area contributed by atoms with E-state index in [2.05, 4.69) is 9.71 Å². The molecule has 96 valence electrons. The molecule has 0 radical (unpaired) electrons. The second-order valence-corrected chi connectivity index (χ2v) is 7.35. The van der Waals surface area contributed by atoms with Crippen LogP contribution in [-0.4, -0.2) is 13.4 Å².